The summed E-state index contributed by atoms with van der Waals surface area (Å²) in [5, 5.41) is 3.21. The summed E-state index contributed by atoms with van der Waals surface area (Å²) >= 11 is 0. The number of aromatic nitrogens is 1. The second-order valence-corrected chi connectivity index (χ2v) is 5.84. The van der Waals surface area contributed by atoms with Crippen LogP contribution in [0.1, 0.15) is 23.2 Å². The molecule has 3 rings (SSSR count). The van der Waals surface area contributed by atoms with Gasteiger partial charge in [0.15, 0.2) is 0 Å². The summed E-state index contributed by atoms with van der Waals surface area (Å²) in [6.07, 6.45) is 2.89. The highest BCUT2D eigenvalue weighted by Crippen LogP contribution is 2.14. The van der Waals surface area contributed by atoms with Gasteiger partial charge in [-0.1, -0.05) is 0 Å². The Morgan fingerprint density at radius 1 is 1.23 bits per heavy atom. The third kappa shape index (κ3) is 4.33. The van der Waals surface area contributed by atoms with Crippen LogP contribution < -0.4 is 5.32 Å². The van der Waals surface area contributed by atoms with Gasteiger partial charge in [-0.15, -0.1) is 0 Å². The number of piperazine rings is 1. The van der Waals surface area contributed by atoms with Crippen LogP contribution in [0.4, 0.5) is 10.5 Å². The standard InChI is InChI=1S/C18H22N4O4/c1-2-25-18(24)22-9-7-21(8-10-22)17(23)16-12-14(5-6-19-16)20-13-15-4-3-11-26-15/h3-6,11-12H,2,7-10,13H2,1H3,(H,19,20). The fourth-order valence-corrected chi connectivity index (χ4v) is 2.73. The Hall–Kier alpha value is -3.03. The lowest BCUT2D eigenvalue weighted by Crippen LogP contribution is -2.50. The predicted octanol–water partition coefficient (Wildman–Crippen LogP) is 2.20. The molecule has 2 aromatic rings. The molecule has 2 amide bonds. The number of rotatable bonds is 5. The van der Waals surface area contributed by atoms with Crippen molar-refractivity contribution >= 4 is 17.7 Å². The fraction of sp³-hybridized carbons (Fsp3) is 0.389. The Balaban J connectivity index is 1.56. The number of anilines is 1. The third-order valence-corrected chi connectivity index (χ3v) is 4.12. The molecular formula is C18H22N4O4. The molecule has 2 aromatic heterocycles. The van der Waals surface area contributed by atoms with Crippen molar-refractivity contribution in [2.45, 2.75) is 13.5 Å². The first-order valence-corrected chi connectivity index (χ1v) is 8.60. The third-order valence-electron chi connectivity index (χ3n) is 4.12. The topological polar surface area (TPSA) is 87.9 Å². The number of furan rings is 1. The molecule has 0 aliphatic carbocycles. The molecule has 1 aliphatic rings. The van der Waals surface area contributed by atoms with Crippen molar-refractivity contribution in [1.82, 2.24) is 14.8 Å². The maximum absolute atomic E-state index is 12.7. The van der Waals surface area contributed by atoms with Crippen molar-refractivity contribution in [2.24, 2.45) is 0 Å². The highest BCUT2D eigenvalue weighted by molar-refractivity contribution is 5.93. The lowest BCUT2D eigenvalue weighted by atomic mass is 10.2. The number of hydrogen-bond donors (Lipinski definition) is 1. The lowest BCUT2D eigenvalue weighted by molar-refractivity contribution is 0.0566. The van der Waals surface area contributed by atoms with E-state index in [0.29, 0.717) is 45.0 Å². The van der Waals surface area contributed by atoms with E-state index in [4.69, 9.17) is 9.15 Å². The zero-order valence-corrected chi connectivity index (χ0v) is 14.7. The van der Waals surface area contributed by atoms with Crippen LogP contribution in [0.15, 0.2) is 41.1 Å². The molecule has 1 saturated heterocycles. The second-order valence-electron chi connectivity index (χ2n) is 5.84. The molecule has 0 unspecified atom stereocenters. The summed E-state index contributed by atoms with van der Waals surface area (Å²) < 4.78 is 10.3. The number of nitrogens with zero attached hydrogens (tertiary/aromatic N) is 3. The summed E-state index contributed by atoms with van der Waals surface area (Å²) in [5.74, 6) is 0.667. The van der Waals surface area contributed by atoms with Crippen LogP contribution in [0.25, 0.3) is 0 Å². The first kappa shape index (κ1) is 17.8. The molecule has 0 radical (unpaired) electrons. The van der Waals surface area contributed by atoms with E-state index in [1.807, 2.05) is 12.1 Å². The molecule has 138 valence electrons. The number of ether oxygens (including phenoxy) is 1. The zero-order chi connectivity index (χ0) is 18.4. The smallest absolute Gasteiger partial charge is 0.409 e. The molecule has 0 atom stereocenters. The van der Waals surface area contributed by atoms with Gasteiger partial charge in [-0.2, -0.15) is 0 Å². The number of hydrogen-bond acceptors (Lipinski definition) is 6. The summed E-state index contributed by atoms with van der Waals surface area (Å²) in [5.41, 5.74) is 1.17. The normalized spacial score (nSPS) is 14.2. The van der Waals surface area contributed by atoms with E-state index in [9.17, 15) is 9.59 Å². The SMILES string of the molecule is CCOC(=O)N1CCN(C(=O)c2cc(NCc3ccco3)ccn2)CC1. The van der Waals surface area contributed by atoms with E-state index in [1.165, 1.54) is 0 Å². The molecule has 0 saturated carbocycles. The Morgan fingerprint density at radius 3 is 2.69 bits per heavy atom. The molecule has 1 aliphatic heterocycles. The van der Waals surface area contributed by atoms with Gasteiger partial charge in [0, 0.05) is 38.1 Å². The summed E-state index contributed by atoms with van der Waals surface area (Å²) in [6.45, 7) is 4.49. The van der Waals surface area contributed by atoms with Crippen molar-refractivity contribution in [3.8, 4) is 0 Å². The van der Waals surface area contributed by atoms with Gasteiger partial charge in [0.25, 0.3) is 5.91 Å². The number of pyridine rings is 1. The van der Waals surface area contributed by atoms with Crippen LogP contribution in [0.2, 0.25) is 0 Å². The average Bonchev–Trinajstić information content (AvgIpc) is 3.20. The fourth-order valence-electron chi connectivity index (χ4n) is 2.73. The molecule has 8 nitrogen and oxygen atoms in total. The van der Waals surface area contributed by atoms with E-state index in [1.54, 1.807) is 41.3 Å². The van der Waals surface area contributed by atoms with E-state index < -0.39 is 0 Å². The monoisotopic (exact) mass is 358 g/mol. The molecule has 1 fully saturated rings. The van der Waals surface area contributed by atoms with E-state index in [2.05, 4.69) is 10.3 Å². The van der Waals surface area contributed by atoms with Gasteiger partial charge in [-0.05, 0) is 31.2 Å². The molecule has 3 heterocycles. The maximum atomic E-state index is 12.7. The van der Waals surface area contributed by atoms with Gasteiger partial charge in [0.1, 0.15) is 11.5 Å². The summed E-state index contributed by atoms with van der Waals surface area (Å²) in [4.78, 5) is 31.9. The minimum atomic E-state index is -0.332. The Bertz CT molecular complexity index is 739. The summed E-state index contributed by atoms with van der Waals surface area (Å²) in [7, 11) is 0. The average molecular weight is 358 g/mol. The van der Waals surface area contributed by atoms with Crippen molar-refractivity contribution in [3.63, 3.8) is 0 Å². The van der Waals surface area contributed by atoms with Crippen molar-refractivity contribution < 1.29 is 18.7 Å². The quantitative estimate of drug-likeness (QED) is 0.882. The Labute approximate surface area is 151 Å². The molecule has 0 bridgehead atoms. The van der Waals surface area contributed by atoms with Gasteiger partial charge in [0.2, 0.25) is 0 Å². The van der Waals surface area contributed by atoms with E-state index >= 15 is 0 Å². The van der Waals surface area contributed by atoms with E-state index in [-0.39, 0.29) is 12.0 Å². The molecule has 0 aromatic carbocycles. The van der Waals surface area contributed by atoms with Crippen molar-refractivity contribution in [3.05, 3.63) is 48.2 Å². The number of amides is 2. The van der Waals surface area contributed by atoms with Gasteiger partial charge in [-0.3, -0.25) is 9.78 Å². The number of carbonyl (C=O) groups excluding carboxylic acids is 2. The van der Waals surface area contributed by atoms with Crippen LogP contribution in [-0.4, -0.2) is 59.6 Å². The molecule has 1 N–H and O–H groups in total. The van der Waals surface area contributed by atoms with Gasteiger partial charge >= 0.3 is 6.09 Å². The highest BCUT2D eigenvalue weighted by atomic mass is 16.6. The molecule has 8 heteroatoms. The molecular weight excluding hydrogens is 336 g/mol. The van der Waals surface area contributed by atoms with Crippen molar-refractivity contribution in [2.75, 3.05) is 38.1 Å². The molecule has 0 spiro atoms. The van der Waals surface area contributed by atoms with Crippen LogP contribution in [0.3, 0.4) is 0 Å². The van der Waals surface area contributed by atoms with Crippen molar-refractivity contribution in [1.29, 1.82) is 0 Å². The minimum absolute atomic E-state index is 0.143. The van der Waals surface area contributed by atoms with Crippen LogP contribution >= 0.6 is 0 Å². The second kappa shape index (κ2) is 8.37. The lowest BCUT2D eigenvalue weighted by Gasteiger charge is -2.33. The first-order chi connectivity index (χ1) is 12.7. The van der Waals surface area contributed by atoms with Gasteiger partial charge in [-0.25, -0.2) is 4.79 Å². The largest absolute Gasteiger partial charge is 0.467 e. The maximum Gasteiger partial charge on any atom is 0.409 e. The number of carbonyl (C=O) groups is 2. The Kier molecular flexibility index (Phi) is 5.73. The minimum Gasteiger partial charge on any atom is -0.467 e. The first-order valence-electron chi connectivity index (χ1n) is 8.60. The molecule has 26 heavy (non-hydrogen) atoms. The van der Waals surface area contributed by atoms with Gasteiger partial charge < -0.3 is 24.3 Å². The number of nitrogens with one attached hydrogen (secondary N) is 1. The van der Waals surface area contributed by atoms with Crippen LogP contribution in [-0.2, 0) is 11.3 Å². The van der Waals surface area contributed by atoms with Gasteiger partial charge in [0.05, 0.1) is 19.4 Å². The highest BCUT2D eigenvalue weighted by Gasteiger charge is 2.26. The van der Waals surface area contributed by atoms with Crippen LogP contribution in [0.5, 0.6) is 0 Å². The van der Waals surface area contributed by atoms with Crippen LogP contribution in [0, 0.1) is 0 Å². The predicted molar refractivity (Wildman–Crippen MR) is 94.8 cm³/mol. The Morgan fingerprint density at radius 2 is 2.00 bits per heavy atom. The van der Waals surface area contributed by atoms with E-state index in [0.717, 1.165) is 11.4 Å². The summed E-state index contributed by atoms with van der Waals surface area (Å²) in [6, 6.07) is 7.24. The zero-order valence-electron chi connectivity index (χ0n) is 14.7.